The van der Waals surface area contributed by atoms with Crippen LogP contribution >= 0.6 is 0 Å². The highest BCUT2D eigenvalue weighted by molar-refractivity contribution is 6.02. The average molecular weight is 412 g/mol. The maximum Gasteiger partial charge on any atom is 0.231 e. The number of amides is 1. The van der Waals surface area contributed by atoms with Crippen molar-refractivity contribution in [3.05, 3.63) is 71.5 Å². The van der Waals surface area contributed by atoms with Crippen molar-refractivity contribution in [3.63, 3.8) is 0 Å². The normalized spacial score (nSPS) is 13.0. The van der Waals surface area contributed by atoms with Crippen molar-refractivity contribution in [2.75, 3.05) is 17.2 Å². The van der Waals surface area contributed by atoms with Crippen LogP contribution in [0, 0.1) is 6.92 Å². The smallest absolute Gasteiger partial charge is 0.231 e. The standard InChI is InChI=1S/C25H25N5O/c1-3-30-22-15-27-14-20(26)24(22)25(28-30)19-7-8-21-18(13-19)9-10-29(21)23(31)12-17-6-4-5-16(2)11-17/h4-8,11,13-15H,3,9-10,12,26H2,1-2H3. The number of carbonyl (C=O) groups excluding carboxylic acids is 1. The molecule has 0 radical (unpaired) electrons. The van der Waals surface area contributed by atoms with Gasteiger partial charge in [0, 0.05) is 24.3 Å². The summed E-state index contributed by atoms with van der Waals surface area (Å²) in [6, 6.07) is 14.4. The van der Waals surface area contributed by atoms with Crippen LogP contribution in [0.5, 0.6) is 0 Å². The van der Waals surface area contributed by atoms with E-state index in [1.807, 2.05) is 53.0 Å². The van der Waals surface area contributed by atoms with Crippen molar-refractivity contribution < 1.29 is 4.79 Å². The molecule has 0 unspecified atom stereocenters. The highest BCUT2D eigenvalue weighted by atomic mass is 16.2. The van der Waals surface area contributed by atoms with Crippen LogP contribution < -0.4 is 10.6 Å². The Balaban J connectivity index is 1.48. The van der Waals surface area contributed by atoms with Crippen LogP contribution in [0.2, 0.25) is 0 Å². The number of nitrogens with two attached hydrogens (primary N) is 1. The highest BCUT2D eigenvalue weighted by Crippen LogP contribution is 2.36. The van der Waals surface area contributed by atoms with Gasteiger partial charge in [-0.3, -0.25) is 14.5 Å². The molecule has 0 atom stereocenters. The molecule has 6 heteroatoms. The largest absolute Gasteiger partial charge is 0.397 e. The molecule has 5 rings (SSSR count). The molecule has 31 heavy (non-hydrogen) atoms. The molecule has 3 heterocycles. The molecule has 4 aromatic rings. The van der Waals surface area contributed by atoms with Gasteiger partial charge in [0.1, 0.15) is 5.69 Å². The zero-order valence-electron chi connectivity index (χ0n) is 17.8. The predicted octanol–water partition coefficient (Wildman–Crippen LogP) is 4.14. The van der Waals surface area contributed by atoms with Gasteiger partial charge in [-0.25, -0.2) is 0 Å². The third-order valence-corrected chi connectivity index (χ3v) is 5.98. The van der Waals surface area contributed by atoms with Crippen molar-refractivity contribution >= 4 is 28.2 Å². The molecule has 2 N–H and O–H groups in total. The van der Waals surface area contributed by atoms with E-state index in [4.69, 9.17) is 10.8 Å². The number of aryl methyl sites for hydroxylation is 2. The van der Waals surface area contributed by atoms with E-state index in [2.05, 4.69) is 24.0 Å². The van der Waals surface area contributed by atoms with Crippen LogP contribution in [0.4, 0.5) is 11.4 Å². The van der Waals surface area contributed by atoms with Gasteiger partial charge in [0.15, 0.2) is 0 Å². The molecule has 0 fully saturated rings. The van der Waals surface area contributed by atoms with Gasteiger partial charge >= 0.3 is 0 Å². The summed E-state index contributed by atoms with van der Waals surface area (Å²) in [6.07, 6.45) is 4.74. The number of hydrogen-bond donors (Lipinski definition) is 1. The maximum atomic E-state index is 13.0. The summed E-state index contributed by atoms with van der Waals surface area (Å²) >= 11 is 0. The monoisotopic (exact) mass is 411 g/mol. The lowest BCUT2D eigenvalue weighted by atomic mass is 10.0. The number of fused-ring (bicyclic) bond motifs is 2. The fraction of sp³-hybridized carbons (Fsp3) is 0.240. The first-order valence-corrected chi connectivity index (χ1v) is 10.6. The second-order valence-electron chi connectivity index (χ2n) is 8.09. The van der Waals surface area contributed by atoms with E-state index in [9.17, 15) is 4.79 Å². The molecule has 0 saturated heterocycles. The molecule has 0 spiro atoms. The SMILES string of the molecule is CCn1nc(-c2ccc3c(c2)CCN3C(=O)Cc2cccc(C)c2)c2c(N)cncc21. The van der Waals surface area contributed by atoms with Crippen molar-refractivity contribution in [2.24, 2.45) is 0 Å². The molecular formula is C25H25N5O. The van der Waals surface area contributed by atoms with Crippen LogP contribution in [0.3, 0.4) is 0 Å². The molecule has 1 amide bonds. The minimum absolute atomic E-state index is 0.133. The van der Waals surface area contributed by atoms with Gasteiger partial charge < -0.3 is 10.6 Å². The summed E-state index contributed by atoms with van der Waals surface area (Å²) in [5.74, 6) is 0.133. The second kappa shape index (κ2) is 7.54. The topological polar surface area (TPSA) is 77.0 Å². The fourth-order valence-corrected chi connectivity index (χ4v) is 4.49. The summed E-state index contributed by atoms with van der Waals surface area (Å²) < 4.78 is 1.93. The number of benzene rings is 2. The van der Waals surface area contributed by atoms with Gasteiger partial charge in [-0.15, -0.1) is 0 Å². The Morgan fingerprint density at radius 2 is 2.03 bits per heavy atom. The maximum absolute atomic E-state index is 13.0. The van der Waals surface area contributed by atoms with E-state index in [1.54, 1.807) is 6.20 Å². The quantitative estimate of drug-likeness (QED) is 0.547. The molecule has 0 bridgehead atoms. The fourth-order valence-electron chi connectivity index (χ4n) is 4.49. The molecule has 0 aliphatic carbocycles. The van der Waals surface area contributed by atoms with Crippen molar-refractivity contribution in [1.29, 1.82) is 0 Å². The second-order valence-corrected chi connectivity index (χ2v) is 8.09. The first kappa shape index (κ1) is 19.3. The summed E-state index contributed by atoms with van der Waals surface area (Å²) in [5, 5.41) is 5.73. The van der Waals surface area contributed by atoms with Crippen LogP contribution in [-0.2, 0) is 24.2 Å². The Hall–Kier alpha value is -3.67. The highest BCUT2D eigenvalue weighted by Gasteiger charge is 2.26. The van der Waals surface area contributed by atoms with Gasteiger partial charge in [0.2, 0.25) is 5.91 Å². The first-order chi connectivity index (χ1) is 15.0. The summed E-state index contributed by atoms with van der Waals surface area (Å²) in [7, 11) is 0. The lowest BCUT2D eigenvalue weighted by Gasteiger charge is -2.18. The summed E-state index contributed by atoms with van der Waals surface area (Å²) in [5.41, 5.74) is 14.1. The molecule has 1 aliphatic rings. The minimum Gasteiger partial charge on any atom is -0.397 e. The summed E-state index contributed by atoms with van der Waals surface area (Å²) in [6.45, 7) is 5.56. The van der Waals surface area contributed by atoms with E-state index < -0.39 is 0 Å². The molecule has 156 valence electrons. The number of hydrogen-bond acceptors (Lipinski definition) is 4. The van der Waals surface area contributed by atoms with Crippen molar-refractivity contribution in [3.8, 4) is 11.3 Å². The van der Waals surface area contributed by atoms with E-state index in [0.717, 1.165) is 46.4 Å². The number of anilines is 2. The van der Waals surface area contributed by atoms with Gasteiger partial charge in [-0.2, -0.15) is 5.10 Å². The zero-order chi connectivity index (χ0) is 21.5. The number of aromatic nitrogens is 3. The van der Waals surface area contributed by atoms with Crippen molar-refractivity contribution in [1.82, 2.24) is 14.8 Å². The molecule has 0 saturated carbocycles. The van der Waals surface area contributed by atoms with Crippen LogP contribution in [0.1, 0.15) is 23.6 Å². The molecule has 1 aliphatic heterocycles. The van der Waals surface area contributed by atoms with Gasteiger partial charge in [0.05, 0.1) is 35.4 Å². The van der Waals surface area contributed by atoms with E-state index in [-0.39, 0.29) is 5.91 Å². The third kappa shape index (κ3) is 3.34. The zero-order valence-corrected chi connectivity index (χ0v) is 17.8. The lowest BCUT2D eigenvalue weighted by Crippen LogP contribution is -2.30. The third-order valence-electron chi connectivity index (χ3n) is 5.98. The van der Waals surface area contributed by atoms with Gasteiger partial charge in [-0.1, -0.05) is 35.9 Å². The molecule has 2 aromatic carbocycles. The Morgan fingerprint density at radius 3 is 2.84 bits per heavy atom. The average Bonchev–Trinajstić information content (AvgIpc) is 3.35. The number of pyridine rings is 1. The van der Waals surface area contributed by atoms with Gasteiger partial charge in [0.25, 0.3) is 0 Å². The Kier molecular flexibility index (Phi) is 4.70. The summed E-state index contributed by atoms with van der Waals surface area (Å²) in [4.78, 5) is 19.1. The van der Waals surface area contributed by atoms with Crippen LogP contribution in [0.25, 0.3) is 22.2 Å². The van der Waals surface area contributed by atoms with Gasteiger partial charge in [-0.05, 0) is 43.5 Å². The predicted molar refractivity (Wildman–Crippen MR) is 124 cm³/mol. The molecule has 6 nitrogen and oxygen atoms in total. The van der Waals surface area contributed by atoms with E-state index >= 15 is 0 Å². The molecule has 2 aromatic heterocycles. The van der Waals surface area contributed by atoms with Crippen LogP contribution in [-0.4, -0.2) is 27.2 Å². The van der Waals surface area contributed by atoms with E-state index in [0.29, 0.717) is 18.7 Å². The number of rotatable bonds is 4. The number of nitrogens with zero attached hydrogens (tertiary/aromatic N) is 4. The number of carbonyl (C=O) groups is 1. The minimum atomic E-state index is 0.133. The Bertz CT molecular complexity index is 1310. The van der Waals surface area contributed by atoms with E-state index in [1.165, 1.54) is 11.1 Å². The lowest BCUT2D eigenvalue weighted by molar-refractivity contribution is -0.117. The first-order valence-electron chi connectivity index (χ1n) is 10.6. The van der Waals surface area contributed by atoms with Crippen LogP contribution in [0.15, 0.2) is 54.9 Å². The number of nitrogen functional groups attached to an aromatic ring is 1. The molecular weight excluding hydrogens is 386 g/mol. The Labute approximate surface area is 181 Å². The Morgan fingerprint density at radius 1 is 1.16 bits per heavy atom. The van der Waals surface area contributed by atoms with Crippen molar-refractivity contribution in [2.45, 2.75) is 33.2 Å².